The molecule has 2 aromatic rings. The van der Waals surface area contributed by atoms with Crippen molar-refractivity contribution in [1.29, 1.82) is 0 Å². The highest BCUT2D eigenvalue weighted by molar-refractivity contribution is 7.10. The molecule has 0 saturated carbocycles. The molecule has 1 heterocycles. The molecule has 0 saturated heterocycles. The Bertz CT molecular complexity index is 789. The SMILES string of the molecule is Cc1cccc(C)c1NC(=O)[C@@H](C)OC(=O)c1csc2c1CCCC2. The standard InChI is InChI=1S/C20H23NO3S/c1-12-7-6-8-13(2)18(12)21-19(22)14(3)24-20(23)16-11-25-17-10-5-4-9-15(16)17/h6-8,11,14H,4-5,9-10H2,1-3H3,(H,21,22)/t14-/m1/s1. The van der Waals surface area contributed by atoms with Gasteiger partial charge in [-0.1, -0.05) is 18.2 Å². The Balaban J connectivity index is 1.67. The molecule has 0 fully saturated rings. The van der Waals surface area contributed by atoms with Crippen LogP contribution in [0.4, 0.5) is 5.69 Å². The number of hydrogen-bond donors (Lipinski definition) is 1. The van der Waals surface area contributed by atoms with Crippen LogP contribution in [0.2, 0.25) is 0 Å². The molecule has 1 aliphatic rings. The zero-order valence-corrected chi connectivity index (χ0v) is 15.7. The molecule has 5 heteroatoms. The first-order valence-electron chi connectivity index (χ1n) is 8.64. The molecule has 0 radical (unpaired) electrons. The summed E-state index contributed by atoms with van der Waals surface area (Å²) in [6.07, 6.45) is 3.40. The number of thiophene rings is 1. The Morgan fingerprint density at radius 3 is 2.56 bits per heavy atom. The zero-order chi connectivity index (χ0) is 18.0. The summed E-state index contributed by atoms with van der Waals surface area (Å²) in [5.74, 6) is -0.710. The normalized spacial score (nSPS) is 14.5. The predicted molar refractivity (Wildman–Crippen MR) is 100 cm³/mol. The minimum absolute atomic E-state index is 0.310. The summed E-state index contributed by atoms with van der Waals surface area (Å²) < 4.78 is 5.43. The van der Waals surface area contributed by atoms with E-state index in [4.69, 9.17) is 4.74 Å². The van der Waals surface area contributed by atoms with Crippen molar-refractivity contribution in [1.82, 2.24) is 0 Å². The minimum Gasteiger partial charge on any atom is -0.449 e. The van der Waals surface area contributed by atoms with Crippen molar-refractivity contribution in [2.45, 2.75) is 52.6 Å². The highest BCUT2D eigenvalue weighted by Gasteiger charge is 2.25. The van der Waals surface area contributed by atoms with Crippen LogP contribution in [-0.4, -0.2) is 18.0 Å². The third-order valence-corrected chi connectivity index (χ3v) is 5.75. The van der Waals surface area contributed by atoms with E-state index in [0.717, 1.165) is 41.6 Å². The van der Waals surface area contributed by atoms with Crippen molar-refractivity contribution in [3.05, 3.63) is 50.7 Å². The number of ether oxygens (including phenoxy) is 1. The largest absolute Gasteiger partial charge is 0.449 e. The van der Waals surface area contributed by atoms with E-state index >= 15 is 0 Å². The number of anilines is 1. The van der Waals surface area contributed by atoms with Crippen molar-refractivity contribution in [2.75, 3.05) is 5.32 Å². The van der Waals surface area contributed by atoms with E-state index in [9.17, 15) is 9.59 Å². The summed E-state index contributed by atoms with van der Waals surface area (Å²) in [5.41, 5.74) is 4.50. The second-order valence-corrected chi connectivity index (χ2v) is 7.53. The van der Waals surface area contributed by atoms with Gasteiger partial charge in [0.05, 0.1) is 5.56 Å². The lowest BCUT2D eigenvalue weighted by atomic mass is 9.96. The number of rotatable bonds is 4. The first kappa shape index (κ1) is 17.7. The van der Waals surface area contributed by atoms with Gasteiger partial charge in [-0.2, -0.15) is 0 Å². The fourth-order valence-electron chi connectivity index (χ4n) is 3.18. The number of esters is 1. The number of nitrogens with one attached hydrogen (secondary N) is 1. The second-order valence-electron chi connectivity index (χ2n) is 6.56. The Labute approximate surface area is 152 Å². The molecule has 4 nitrogen and oxygen atoms in total. The number of fused-ring (bicyclic) bond motifs is 1. The maximum Gasteiger partial charge on any atom is 0.340 e. The fourth-order valence-corrected chi connectivity index (χ4v) is 4.29. The summed E-state index contributed by atoms with van der Waals surface area (Å²) in [6, 6.07) is 5.83. The molecular formula is C20H23NO3S. The first-order valence-corrected chi connectivity index (χ1v) is 9.52. The monoisotopic (exact) mass is 357 g/mol. The minimum atomic E-state index is -0.842. The number of para-hydroxylation sites is 1. The Morgan fingerprint density at radius 2 is 1.84 bits per heavy atom. The van der Waals surface area contributed by atoms with Crippen molar-refractivity contribution in [2.24, 2.45) is 0 Å². The van der Waals surface area contributed by atoms with Gasteiger partial charge in [0, 0.05) is 15.9 Å². The molecule has 25 heavy (non-hydrogen) atoms. The van der Waals surface area contributed by atoms with Crippen LogP contribution in [0.25, 0.3) is 0 Å². The number of carbonyl (C=O) groups excluding carboxylic acids is 2. The quantitative estimate of drug-likeness (QED) is 0.824. The first-order chi connectivity index (χ1) is 12.0. The van der Waals surface area contributed by atoms with Gasteiger partial charge in [-0.3, -0.25) is 4.79 Å². The maximum atomic E-state index is 12.5. The third-order valence-electron chi connectivity index (χ3n) is 4.66. The van der Waals surface area contributed by atoms with E-state index < -0.39 is 12.1 Å². The number of benzene rings is 1. The molecule has 1 N–H and O–H groups in total. The average Bonchev–Trinajstić information content (AvgIpc) is 3.02. The summed E-state index contributed by atoms with van der Waals surface area (Å²) in [6.45, 7) is 5.49. The summed E-state index contributed by atoms with van der Waals surface area (Å²) in [5, 5.41) is 4.75. The number of amides is 1. The zero-order valence-electron chi connectivity index (χ0n) is 14.8. The molecule has 0 spiro atoms. The van der Waals surface area contributed by atoms with Crippen LogP contribution in [0.3, 0.4) is 0 Å². The topological polar surface area (TPSA) is 55.4 Å². The molecule has 132 valence electrons. The lowest BCUT2D eigenvalue weighted by molar-refractivity contribution is -0.123. The van der Waals surface area contributed by atoms with Crippen LogP contribution >= 0.6 is 11.3 Å². The molecule has 0 bridgehead atoms. The van der Waals surface area contributed by atoms with Crippen LogP contribution in [-0.2, 0) is 22.4 Å². The van der Waals surface area contributed by atoms with Crippen LogP contribution in [0.15, 0.2) is 23.6 Å². The van der Waals surface area contributed by atoms with Crippen LogP contribution in [0.5, 0.6) is 0 Å². The molecule has 1 aliphatic carbocycles. The van der Waals surface area contributed by atoms with Crippen molar-refractivity contribution < 1.29 is 14.3 Å². The van der Waals surface area contributed by atoms with Gasteiger partial charge < -0.3 is 10.1 Å². The van der Waals surface area contributed by atoms with E-state index in [1.165, 1.54) is 11.3 Å². The van der Waals surface area contributed by atoms with Crippen molar-refractivity contribution in [3.8, 4) is 0 Å². The Hall–Kier alpha value is -2.14. The molecule has 1 amide bonds. The summed E-state index contributed by atoms with van der Waals surface area (Å²) in [4.78, 5) is 26.2. The fraction of sp³-hybridized carbons (Fsp3) is 0.400. The molecule has 1 aromatic heterocycles. The second kappa shape index (κ2) is 7.40. The highest BCUT2D eigenvalue weighted by atomic mass is 32.1. The van der Waals surface area contributed by atoms with Crippen molar-refractivity contribution >= 4 is 28.9 Å². The van der Waals surface area contributed by atoms with Crippen LogP contribution < -0.4 is 5.32 Å². The number of aryl methyl sites for hydroxylation is 3. The van der Waals surface area contributed by atoms with Crippen molar-refractivity contribution in [3.63, 3.8) is 0 Å². The van der Waals surface area contributed by atoms with Gasteiger partial charge in [0.2, 0.25) is 0 Å². The van der Waals surface area contributed by atoms with Gasteiger partial charge in [-0.05, 0) is 63.1 Å². The van der Waals surface area contributed by atoms with Gasteiger partial charge in [0.1, 0.15) is 0 Å². The van der Waals surface area contributed by atoms with Gasteiger partial charge in [0.25, 0.3) is 5.91 Å². The van der Waals surface area contributed by atoms with Crippen LogP contribution in [0.1, 0.15) is 51.7 Å². The summed E-state index contributed by atoms with van der Waals surface area (Å²) in [7, 11) is 0. The number of hydrogen-bond acceptors (Lipinski definition) is 4. The van der Waals surface area contributed by atoms with Crippen LogP contribution in [0, 0.1) is 13.8 Å². The lowest BCUT2D eigenvalue weighted by Crippen LogP contribution is -2.30. The lowest BCUT2D eigenvalue weighted by Gasteiger charge is -2.17. The van der Waals surface area contributed by atoms with E-state index in [1.807, 2.05) is 37.4 Å². The average molecular weight is 357 g/mol. The Morgan fingerprint density at radius 1 is 1.16 bits per heavy atom. The molecule has 1 atom stereocenters. The molecule has 3 rings (SSSR count). The smallest absolute Gasteiger partial charge is 0.340 e. The third kappa shape index (κ3) is 3.76. The highest BCUT2D eigenvalue weighted by Crippen LogP contribution is 2.30. The maximum absolute atomic E-state index is 12.5. The van der Waals surface area contributed by atoms with Gasteiger partial charge in [-0.15, -0.1) is 11.3 Å². The van der Waals surface area contributed by atoms with Gasteiger partial charge >= 0.3 is 5.97 Å². The molecule has 0 unspecified atom stereocenters. The summed E-state index contributed by atoms with van der Waals surface area (Å²) >= 11 is 1.62. The van der Waals surface area contributed by atoms with Gasteiger partial charge in [0.15, 0.2) is 6.10 Å². The van der Waals surface area contributed by atoms with E-state index in [0.29, 0.717) is 5.56 Å². The van der Waals surface area contributed by atoms with E-state index in [2.05, 4.69) is 5.32 Å². The molecule has 1 aromatic carbocycles. The van der Waals surface area contributed by atoms with E-state index in [1.54, 1.807) is 18.3 Å². The number of carbonyl (C=O) groups is 2. The Kier molecular flexibility index (Phi) is 5.23. The molecule has 0 aliphatic heterocycles. The van der Waals surface area contributed by atoms with Gasteiger partial charge in [-0.25, -0.2) is 4.79 Å². The van der Waals surface area contributed by atoms with E-state index in [-0.39, 0.29) is 5.91 Å². The molecular weight excluding hydrogens is 334 g/mol. The predicted octanol–water partition coefficient (Wildman–Crippen LogP) is 4.43.